The van der Waals surface area contributed by atoms with Gasteiger partial charge in [0.2, 0.25) is 0 Å². The van der Waals surface area contributed by atoms with Crippen LogP contribution in [0.4, 0.5) is 0 Å². The second kappa shape index (κ2) is 4.42. The van der Waals surface area contributed by atoms with Gasteiger partial charge in [-0.05, 0) is 17.7 Å². The molecule has 0 aliphatic rings. The van der Waals surface area contributed by atoms with E-state index in [4.69, 9.17) is 23.2 Å². The van der Waals surface area contributed by atoms with Crippen LogP contribution in [0.25, 0.3) is 0 Å². The van der Waals surface area contributed by atoms with Gasteiger partial charge >= 0.3 is 0 Å². The van der Waals surface area contributed by atoms with Crippen LogP contribution >= 0.6 is 11.6 Å². The van der Waals surface area contributed by atoms with E-state index in [0.29, 0.717) is 11.6 Å². The molecule has 4 heteroatoms. The number of hydrogen-bond acceptors (Lipinski definition) is 3. The van der Waals surface area contributed by atoms with E-state index < -0.39 is 0 Å². The lowest BCUT2D eigenvalue weighted by atomic mass is 10.1. The van der Waals surface area contributed by atoms with Crippen molar-refractivity contribution in [2.45, 2.75) is 6.10 Å². The lowest BCUT2D eigenvalue weighted by Crippen LogP contribution is -2.18. The molecule has 0 radical (unpaired) electrons. The summed E-state index contributed by atoms with van der Waals surface area (Å²) in [4.78, 5) is 4.66. The molecular weight excluding hydrogens is 176 g/mol. The fourth-order valence-electron chi connectivity index (χ4n) is 0.948. The van der Waals surface area contributed by atoms with Crippen molar-refractivity contribution >= 4 is 11.6 Å². The number of rotatable bonds is 3. The third kappa shape index (κ3) is 2.19. The lowest BCUT2D eigenvalue weighted by Gasteiger charge is -2.11. The minimum absolute atomic E-state index is 0.248. The molecule has 0 saturated heterocycles. The average molecular weight is 187 g/mol. The molecule has 0 aliphatic heterocycles. The monoisotopic (exact) mass is 186 g/mol. The van der Waals surface area contributed by atoms with Crippen LogP contribution < -0.4 is 11.6 Å². The normalized spacial score (nSPS) is 12.9. The van der Waals surface area contributed by atoms with Crippen molar-refractivity contribution in [1.82, 2.24) is 0 Å². The Kier molecular flexibility index (Phi) is 3.49. The molecule has 0 aliphatic carbocycles. The Hall–Kier alpha value is -0.610. The first kappa shape index (κ1) is 9.48. The van der Waals surface area contributed by atoms with Gasteiger partial charge in [0.05, 0.1) is 0 Å². The molecule has 1 atom stereocenters. The predicted octanol–water partition coefficient (Wildman–Crippen LogP) is 1.23. The zero-order valence-electron chi connectivity index (χ0n) is 6.53. The molecule has 0 saturated carbocycles. The van der Waals surface area contributed by atoms with Crippen LogP contribution in [-0.4, -0.2) is 6.54 Å². The second-order valence-corrected chi connectivity index (χ2v) is 2.85. The van der Waals surface area contributed by atoms with Crippen molar-refractivity contribution in [3.8, 4) is 0 Å². The molecule has 66 valence electrons. The van der Waals surface area contributed by atoms with Crippen LogP contribution in [0, 0.1) is 0 Å². The fraction of sp³-hybridized carbons (Fsp3) is 0.250. The molecule has 12 heavy (non-hydrogen) atoms. The van der Waals surface area contributed by atoms with Crippen molar-refractivity contribution in [1.29, 1.82) is 0 Å². The molecule has 0 heterocycles. The Bertz CT molecular complexity index is 233. The van der Waals surface area contributed by atoms with E-state index in [9.17, 15) is 0 Å². The smallest absolute Gasteiger partial charge is 0.116 e. The minimum atomic E-state index is -0.248. The van der Waals surface area contributed by atoms with Crippen LogP contribution in [0.15, 0.2) is 24.3 Å². The maximum Gasteiger partial charge on any atom is 0.116 e. The van der Waals surface area contributed by atoms with Crippen molar-refractivity contribution < 1.29 is 4.84 Å². The fourth-order valence-corrected chi connectivity index (χ4v) is 1.07. The van der Waals surface area contributed by atoms with E-state index in [1.807, 2.05) is 12.1 Å². The summed E-state index contributed by atoms with van der Waals surface area (Å²) in [7, 11) is 0. The maximum absolute atomic E-state index is 5.70. The minimum Gasteiger partial charge on any atom is -0.328 e. The van der Waals surface area contributed by atoms with Crippen LogP contribution in [-0.2, 0) is 4.84 Å². The Labute approximate surface area is 76.2 Å². The summed E-state index contributed by atoms with van der Waals surface area (Å²) in [6.07, 6.45) is -0.248. The van der Waals surface area contributed by atoms with Crippen molar-refractivity contribution in [2.75, 3.05) is 6.54 Å². The molecule has 0 amide bonds. The molecule has 1 aromatic rings. The molecule has 0 bridgehead atoms. The Morgan fingerprint density at radius 1 is 1.33 bits per heavy atom. The highest BCUT2D eigenvalue weighted by Gasteiger charge is 2.07. The molecular formula is C8H11ClN2O. The largest absolute Gasteiger partial charge is 0.328 e. The zero-order valence-corrected chi connectivity index (χ0v) is 7.29. The van der Waals surface area contributed by atoms with E-state index >= 15 is 0 Å². The average Bonchev–Trinajstić information content (AvgIpc) is 2.10. The first-order chi connectivity index (χ1) is 5.77. The first-order valence-corrected chi connectivity index (χ1v) is 3.96. The van der Waals surface area contributed by atoms with Crippen molar-refractivity contribution in [2.24, 2.45) is 11.6 Å². The van der Waals surface area contributed by atoms with Gasteiger partial charge in [0.1, 0.15) is 6.10 Å². The predicted molar refractivity (Wildman–Crippen MR) is 48.5 cm³/mol. The van der Waals surface area contributed by atoms with Gasteiger partial charge in [0.25, 0.3) is 0 Å². The molecule has 1 rings (SSSR count). The summed E-state index contributed by atoms with van der Waals surface area (Å²) in [6.45, 7) is 0.359. The zero-order chi connectivity index (χ0) is 8.97. The number of benzene rings is 1. The Morgan fingerprint density at radius 3 is 2.33 bits per heavy atom. The highest BCUT2D eigenvalue weighted by Crippen LogP contribution is 2.16. The second-order valence-electron chi connectivity index (χ2n) is 2.41. The summed E-state index contributed by atoms with van der Waals surface area (Å²) in [5.74, 6) is 5.04. The van der Waals surface area contributed by atoms with E-state index in [0.717, 1.165) is 5.56 Å². The molecule has 4 N–H and O–H groups in total. The summed E-state index contributed by atoms with van der Waals surface area (Å²) >= 11 is 5.70. The number of halogens is 1. The molecule has 0 spiro atoms. The van der Waals surface area contributed by atoms with Crippen molar-refractivity contribution in [3.63, 3.8) is 0 Å². The van der Waals surface area contributed by atoms with Crippen molar-refractivity contribution in [3.05, 3.63) is 34.9 Å². The summed E-state index contributed by atoms with van der Waals surface area (Å²) in [6, 6.07) is 7.23. The van der Waals surface area contributed by atoms with E-state index in [2.05, 4.69) is 4.84 Å². The van der Waals surface area contributed by atoms with Gasteiger partial charge in [-0.1, -0.05) is 23.7 Å². The van der Waals surface area contributed by atoms with E-state index in [-0.39, 0.29) is 6.10 Å². The lowest BCUT2D eigenvalue weighted by molar-refractivity contribution is 0.0590. The van der Waals surface area contributed by atoms with E-state index in [1.54, 1.807) is 12.1 Å². The third-order valence-electron chi connectivity index (χ3n) is 1.62. The topological polar surface area (TPSA) is 61.3 Å². The molecule has 1 aromatic carbocycles. The number of hydrogen-bond donors (Lipinski definition) is 2. The highest BCUT2D eigenvalue weighted by atomic mass is 35.5. The van der Waals surface area contributed by atoms with E-state index in [1.165, 1.54) is 0 Å². The van der Waals surface area contributed by atoms with Crippen LogP contribution in [0.5, 0.6) is 0 Å². The molecule has 0 fully saturated rings. The Balaban J connectivity index is 2.80. The highest BCUT2D eigenvalue weighted by molar-refractivity contribution is 6.30. The Morgan fingerprint density at radius 2 is 1.92 bits per heavy atom. The standard InChI is InChI=1S/C8H11ClN2O/c9-7-3-1-6(2-4-7)8(5-10)12-11/h1-4,8H,5,10-11H2. The van der Waals surface area contributed by atoms with Crippen LogP contribution in [0.1, 0.15) is 11.7 Å². The summed E-state index contributed by atoms with van der Waals surface area (Å²) in [5, 5.41) is 0.687. The van der Waals surface area contributed by atoms with Gasteiger partial charge in [-0.2, -0.15) is 0 Å². The van der Waals surface area contributed by atoms with Gasteiger partial charge in [0.15, 0.2) is 0 Å². The van der Waals surface area contributed by atoms with Gasteiger partial charge in [-0.15, -0.1) is 0 Å². The van der Waals surface area contributed by atoms with Gasteiger partial charge < -0.3 is 5.73 Å². The number of nitrogens with two attached hydrogens (primary N) is 2. The SMILES string of the molecule is NCC(ON)c1ccc(Cl)cc1. The molecule has 3 nitrogen and oxygen atoms in total. The van der Waals surface area contributed by atoms with Gasteiger partial charge in [-0.3, -0.25) is 4.84 Å². The van der Waals surface area contributed by atoms with Crippen LogP contribution in [0.2, 0.25) is 5.02 Å². The van der Waals surface area contributed by atoms with Gasteiger partial charge in [-0.25, -0.2) is 5.90 Å². The molecule has 0 aromatic heterocycles. The quantitative estimate of drug-likeness (QED) is 0.698. The third-order valence-corrected chi connectivity index (χ3v) is 1.87. The van der Waals surface area contributed by atoms with Crippen LogP contribution in [0.3, 0.4) is 0 Å². The molecule has 1 unspecified atom stereocenters. The maximum atomic E-state index is 5.70. The summed E-state index contributed by atoms with van der Waals surface area (Å²) < 4.78 is 0. The van der Waals surface area contributed by atoms with Gasteiger partial charge in [0, 0.05) is 11.6 Å². The first-order valence-electron chi connectivity index (χ1n) is 3.59. The summed E-state index contributed by atoms with van der Waals surface area (Å²) in [5.41, 5.74) is 6.35.